The number of nitrogens with zero attached hydrogens (tertiary/aromatic N) is 4. The van der Waals surface area contributed by atoms with Crippen molar-refractivity contribution in [2.75, 3.05) is 25.0 Å². The number of carbonyl (C=O) groups is 1. The van der Waals surface area contributed by atoms with E-state index in [0.29, 0.717) is 30.4 Å². The van der Waals surface area contributed by atoms with Crippen LogP contribution in [0.2, 0.25) is 0 Å². The Labute approximate surface area is 181 Å². The SMILES string of the molecule is CN(C(=O)[C@H]1CCCN(S(=O)(=O)c2cccc3nsnc23)C1)c1ccc(Br)cc1. The predicted molar refractivity (Wildman–Crippen MR) is 116 cm³/mol. The molecule has 3 aromatic rings. The Morgan fingerprint density at radius 3 is 2.72 bits per heavy atom. The van der Waals surface area contributed by atoms with Crippen molar-refractivity contribution in [3.8, 4) is 0 Å². The number of fused-ring (bicyclic) bond motifs is 1. The third kappa shape index (κ3) is 3.94. The minimum Gasteiger partial charge on any atom is -0.315 e. The molecule has 0 spiro atoms. The maximum Gasteiger partial charge on any atom is 0.245 e. The fourth-order valence-electron chi connectivity index (χ4n) is 3.56. The smallest absolute Gasteiger partial charge is 0.245 e. The molecule has 1 amide bonds. The van der Waals surface area contributed by atoms with Gasteiger partial charge in [-0.25, -0.2) is 8.42 Å². The number of amides is 1. The molecular weight excluding hydrogens is 476 g/mol. The van der Waals surface area contributed by atoms with Crippen LogP contribution in [0.5, 0.6) is 0 Å². The third-order valence-corrected chi connectivity index (χ3v) is 8.11. The van der Waals surface area contributed by atoms with Gasteiger partial charge in [0.15, 0.2) is 0 Å². The zero-order valence-electron chi connectivity index (χ0n) is 15.7. The van der Waals surface area contributed by atoms with E-state index in [1.165, 1.54) is 4.31 Å². The second-order valence-electron chi connectivity index (χ2n) is 6.96. The molecule has 29 heavy (non-hydrogen) atoms. The van der Waals surface area contributed by atoms with Gasteiger partial charge in [0.2, 0.25) is 15.9 Å². The van der Waals surface area contributed by atoms with Crippen LogP contribution < -0.4 is 4.90 Å². The number of hydrogen-bond acceptors (Lipinski definition) is 6. The summed E-state index contributed by atoms with van der Waals surface area (Å²) in [5.41, 5.74) is 1.73. The quantitative estimate of drug-likeness (QED) is 0.553. The topological polar surface area (TPSA) is 83.5 Å². The summed E-state index contributed by atoms with van der Waals surface area (Å²) in [5, 5.41) is 0. The summed E-state index contributed by atoms with van der Waals surface area (Å²) in [6.45, 7) is 0.554. The van der Waals surface area contributed by atoms with E-state index in [4.69, 9.17) is 0 Å². The van der Waals surface area contributed by atoms with Gasteiger partial charge in [-0.3, -0.25) is 4.79 Å². The van der Waals surface area contributed by atoms with Gasteiger partial charge in [0, 0.05) is 30.3 Å². The standard InChI is InChI=1S/C19H19BrN4O3S2/c1-23(15-9-7-14(20)8-10-15)19(25)13-4-3-11-24(12-13)29(26,27)17-6-2-5-16-18(17)22-28-21-16/h2,5-10,13H,3-4,11-12H2,1H3/t13-/m0/s1. The Hall–Kier alpha value is -1.88. The zero-order chi connectivity index (χ0) is 20.6. The molecular formula is C19H19BrN4O3S2. The van der Waals surface area contributed by atoms with Crippen LogP contribution in [0.3, 0.4) is 0 Å². The molecule has 0 saturated carbocycles. The highest BCUT2D eigenvalue weighted by molar-refractivity contribution is 9.10. The van der Waals surface area contributed by atoms with Crippen molar-refractivity contribution in [2.24, 2.45) is 5.92 Å². The average Bonchev–Trinajstić information content (AvgIpc) is 3.22. The first kappa shape index (κ1) is 20.4. The highest BCUT2D eigenvalue weighted by Crippen LogP contribution is 2.29. The van der Waals surface area contributed by atoms with Gasteiger partial charge < -0.3 is 4.90 Å². The van der Waals surface area contributed by atoms with E-state index in [2.05, 4.69) is 24.7 Å². The number of aromatic nitrogens is 2. The molecule has 1 fully saturated rings. The maximum atomic E-state index is 13.3. The van der Waals surface area contributed by atoms with Crippen LogP contribution in [0, 0.1) is 5.92 Å². The molecule has 10 heteroatoms. The number of hydrogen-bond donors (Lipinski definition) is 0. The highest BCUT2D eigenvalue weighted by atomic mass is 79.9. The highest BCUT2D eigenvalue weighted by Gasteiger charge is 2.35. The summed E-state index contributed by atoms with van der Waals surface area (Å²) in [6.07, 6.45) is 1.29. The van der Waals surface area contributed by atoms with Crippen molar-refractivity contribution >= 4 is 60.3 Å². The number of benzene rings is 2. The van der Waals surface area contributed by atoms with Crippen molar-refractivity contribution < 1.29 is 13.2 Å². The van der Waals surface area contributed by atoms with Gasteiger partial charge in [0.05, 0.1) is 17.6 Å². The van der Waals surface area contributed by atoms with Crippen molar-refractivity contribution in [2.45, 2.75) is 17.7 Å². The maximum absolute atomic E-state index is 13.3. The second-order valence-corrected chi connectivity index (χ2v) is 10.3. The molecule has 2 aromatic carbocycles. The molecule has 1 aromatic heterocycles. The van der Waals surface area contributed by atoms with Crippen LogP contribution in [-0.2, 0) is 14.8 Å². The molecule has 4 rings (SSSR count). The second kappa shape index (κ2) is 8.10. The molecule has 2 heterocycles. The van der Waals surface area contributed by atoms with Crippen molar-refractivity contribution in [1.29, 1.82) is 0 Å². The molecule has 0 bridgehead atoms. The largest absolute Gasteiger partial charge is 0.315 e. The van der Waals surface area contributed by atoms with E-state index in [0.717, 1.165) is 21.9 Å². The molecule has 1 aliphatic heterocycles. The third-order valence-electron chi connectivity index (χ3n) is 5.14. The Bertz CT molecular complexity index is 1150. The number of carbonyl (C=O) groups excluding carboxylic acids is 1. The lowest BCUT2D eigenvalue weighted by atomic mass is 9.98. The molecule has 0 radical (unpaired) electrons. The molecule has 0 unspecified atom stereocenters. The van der Waals surface area contributed by atoms with Gasteiger partial charge in [-0.05, 0) is 49.2 Å². The van der Waals surface area contributed by atoms with Gasteiger partial charge in [-0.2, -0.15) is 13.1 Å². The minimum absolute atomic E-state index is 0.0826. The van der Waals surface area contributed by atoms with Gasteiger partial charge in [0.25, 0.3) is 0 Å². The van der Waals surface area contributed by atoms with Gasteiger partial charge in [-0.1, -0.05) is 22.0 Å². The van der Waals surface area contributed by atoms with Crippen LogP contribution in [0.25, 0.3) is 11.0 Å². The fraction of sp³-hybridized carbons (Fsp3) is 0.316. The van der Waals surface area contributed by atoms with Crippen LogP contribution >= 0.6 is 27.7 Å². The van der Waals surface area contributed by atoms with E-state index in [-0.39, 0.29) is 23.3 Å². The van der Waals surface area contributed by atoms with E-state index in [1.807, 2.05) is 24.3 Å². The van der Waals surface area contributed by atoms with Crippen molar-refractivity contribution in [1.82, 2.24) is 13.1 Å². The lowest BCUT2D eigenvalue weighted by molar-refractivity contribution is -0.123. The Balaban J connectivity index is 1.57. The van der Waals surface area contributed by atoms with E-state index in [1.54, 1.807) is 30.1 Å². The van der Waals surface area contributed by atoms with Crippen LogP contribution in [0.4, 0.5) is 5.69 Å². The number of rotatable bonds is 4. The van der Waals surface area contributed by atoms with Crippen molar-refractivity contribution in [3.05, 3.63) is 46.9 Å². The summed E-state index contributed by atoms with van der Waals surface area (Å²) >= 11 is 4.38. The van der Waals surface area contributed by atoms with Gasteiger partial charge in [0.1, 0.15) is 15.9 Å². The van der Waals surface area contributed by atoms with Gasteiger partial charge >= 0.3 is 0 Å². The number of piperidine rings is 1. The molecule has 1 atom stereocenters. The first-order valence-corrected chi connectivity index (χ1v) is 12.1. The molecule has 0 N–H and O–H groups in total. The summed E-state index contributed by atoms with van der Waals surface area (Å²) in [4.78, 5) is 14.8. The summed E-state index contributed by atoms with van der Waals surface area (Å²) in [5.74, 6) is -0.472. The van der Waals surface area contributed by atoms with Crippen molar-refractivity contribution in [3.63, 3.8) is 0 Å². The number of sulfonamides is 1. The summed E-state index contributed by atoms with van der Waals surface area (Å²) in [7, 11) is -2.04. The van der Waals surface area contributed by atoms with Crippen LogP contribution in [0.1, 0.15) is 12.8 Å². The number of anilines is 1. The minimum atomic E-state index is -3.76. The lowest BCUT2D eigenvalue weighted by Gasteiger charge is -2.33. The number of halogens is 1. The molecule has 1 saturated heterocycles. The first-order valence-electron chi connectivity index (χ1n) is 9.12. The molecule has 0 aliphatic carbocycles. The fourth-order valence-corrected chi connectivity index (χ4v) is 6.10. The van der Waals surface area contributed by atoms with Gasteiger partial charge in [-0.15, -0.1) is 0 Å². The van der Waals surface area contributed by atoms with Crippen LogP contribution in [-0.4, -0.2) is 47.5 Å². The van der Waals surface area contributed by atoms with E-state index >= 15 is 0 Å². The van der Waals surface area contributed by atoms with E-state index < -0.39 is 10.0 Å². The summed E-state index contributed by atoms with van der Waals surface area (Å²) in [6, 6.07) is 12.4. The first-order chi connectivity index (χ1) is 13.9. The summed E-state index contributed by atoms with van der Waals surface area (Å²) < 4.78 is 37.2. The Morgan fingerprint density at radius 1 is 1.21 bits per heavy atom. The monoisotopic (exact) mass is 494 g/mol. The Kier molecular flexibility index (Phi) is 5.69. The predicted octanol–water partition coefficient (Wildman–Crippen LogP) is 3.52. The Morgan fingerprint density at radius 2 is 1.97 bits per heavy atom. The normalized spacial score (nSPS) is 18.1. The van der Waals surface area contributed by atoms with E-state index in [9.17, 15) is 13.2 Å². The van der Waals surface area contributed by atoms with Crippen LogP contribution in [0.15, 0.2) is 51.8 Å². The molecule has 152 valence electrons. The molecule has 1 aliphatic rings. The zero-order valence-corrected chi connectivity index (χ0v) is 18.9. The molecule has 7 nitrogen and oxygen atoms in total. The average molecular weight is 495 g/mol. The lowest BCUT2D eigenvalue weighted by Crippen LogP contribution is -2.46.